The molecule has 4 nitrogen and oxygen atoms in total. The third kappa shape index (κ3) is 2.94. The Morgan fingerprint density at radius 1 is 1.19 bits per heavy atom. The van der Waals surface area contributed by atoms with Crippen LogP contribution >= 0.6 is 0 Å². The summed E-state index contributed by atoms with van der Waals surface area (Å²) in [7, 11) is 0. The number of rotatable bonds is 3. The molecule has 21 heavy (non-hydrogen) atoms. The molecule has 0 amide bonds. The summed E-state index contributed by atoms with van der Waals surface area (Å²) in [6.07, 6.45) is 2.85. The van der Waals surface area contributed by atoms with E-state index < -0.39 is 0 Å². The van der Waals surface area contributed by atoms with E-state index >= 15 is 0 Å². The number of nitrogen functional groups attached to an aromatic ring is 1. The van der Waals surface area contributed by atoms with Crippen molar-refractivity contribution in [2.45, 2.75) is 19.9 Å². The fourth-order valence-corrected chi connectivity index (χ4v) is 3.07. The van der Waals surface area contributed by atoms with Gasteiger partial charge in [0, 0.05) is 43.3 Å². The minimum Gasteiger partial charge on any atom is -0.398 e. The Bertz CT molecular complexity index is 692. The van der Waals surface area contributed by atoms with Gasteiger partial charge in [0.15, 0.2) is 0 Å². The van der Waals surface area contributed by atoms with E-state index in [2.05, 4.69) is 36.1 Å². The molecule has 1 aliphatic rings. The second-order valence-electron chi connectivity index (χ2n) is 5.88. The zero-order valence-corrected chi connectivity index (χ0v) is 12.3. The van der Waals surface area contributed by atoms with Gasteiger partial charge in [0.05, 0.1) is 0 Å². The highest BCUT2D eigenvalue weighted by Crippen LogP contribution is 2.29. The topological polar surface area (TPSA) is 51.3 Å². The Hall–Kier alpha value is -2.23. The second kappa shape index (κ2) is 5.64. The van der Waals surface area contributed by atoms with Crippen molar-refractivity contribution < 1.29 is 0 Å². The van der Waals surface area contributed by atoms with Gasteiger partial charge < -0.3 is 15.2 Å². The summed E-state index contributed by atoms with van der Waals surface area (Å²) < 4.78 is 1.69. The van der Waals surface area contributed by atoms with Gasteiger partial charge in [0.2, 0.25) is 0 Å². The van der Waals surface area contributed by atoms with Crippen LogP contribution in [0.15, 0.2) is 47.4 Å². The molecular weight excluding hydrogens is 262 g/mol. The third-order valence-corrected chi connectivity index (χ3v) is 4.05. The van der Waals surface area contributed by atoms with Crippen LogP contribution in [0.2, 0.25) is 0 Å². The molecule has 1 aromatic heterocycles. The van der Waals surface area contributed by atoms with Gasteiger partial charge in [0.25, 0.3) is 5.56 Å². The lowest BCUT2D eigenvalue weighted by molar-refractivity contribution is 0.514. The Kier molecular flexibility index (Phi) is 3.69. The zero-order chi connectivity index (χ0) is 14.8. The van der Waals surface area contributed by atoms with Gasteiger partial charge >= 0.3 is 0 Å². The molecule has 110 valence electrons. The Balaban J connectivity index is 1.79. The molecule has 1 atom stereocenters. The van der Waals surface area contributed by atoms with E-state index in [1.54, 1.807) is 16.8 Å². The summed E-state index contributed by atoms with van der Waals surface area (Å²) in [5.74, 6) is 0.637. The van der Waals surface area contributed by atoms with E-state index in [9.17, 15) is 4.79 Å². The smallest absolute Gasteiger partial charge is 0.250 e. The molecule has 2 N–H and O–H groups in total. The first-order chi connectivity index (χ1) is 10.1. The van der Waals surface area contributed by atoms with Crippen LogP contribution in [0.4, 0.5) is 11.4 Å². The number of nitrogens with two attached hydrogens (primary N) is 1. The average Bonchev–Trinajstić information content (AvgIpc) is 2.47. The number of anilines is 2. The highest BCUT2D eigenvalue weighted by atomic mass is 16.1. The number of hydrogen-bond donors (Lipinski definition) is 1. The number of benzene rings is 1. The van der Waals surface area contributed by atoms with Crippen LogP contribution in [-0.2, 0) is 13.0 Å². The zero-order valence-electron chi connectivity index (χ0n) is 12.3. The summed E-state index contributed by atoms with van der Waals surface area (Å²) >= 11 is 0. The fraction of sp³-hybridized carbons (Fsp3) is 0.353. The summed E-state index contributed by atoms with van der Waals surface area (Å²) in [5, 5.41) is 0. The van der Waals surface area contributed by atoms with Gasteiger partial charge in [-0.15, -0.1) is 0 Å². The molecule has 2 aromatic rings. The number of fused-ring (bicyclic) bond motifs is 1. The van der Waals surface area contributed by atoms with Crippen LogP contribution < -0.4 is 16.2 Å². The molecule has 1 aliphatic heterocycles. The number of para-hydroxylation sites is 1. The van der Waals surface area contributed by atoms with Crippen molar-refractivity contribution in [3.05, 3.63) is 58.5 Å². The van der Waals surface area contributed by atoms with Gasteiger partial charge in [-0.25, -0.2) is 0 Å². The highest BCUT2D eigenvalue weighted by Gasteiger charge is 2.20. The van der Waals surface area contributed by atoms with Gasteiger partial charge in [-0.2, -0.15) is 0 Å². The van der Waals surface area contributed by atoms with E-state index in [1.165, 1.54) is 17.3 Å². The SMILES string of the molecule is CC1Cc2ccccc2N(CCn2cc(N)ccc2=O)C1. The summed E-state index contributed by atoms with van der Waals surface area (Å²) in [6, 6.07) is 11.7. The molecule has 0 aliphatic carbocycles. The molecule has 1 unspecified atom stereocenters. The predicted octanol–water partition coefficient (Wildman–Crippen LogP) is 2.13. The number of aromatic nitrogens is 1. The predicted molar refractivity (Wildman–Crippen MR) is 86.6 cm³/mol. The Labute approximate surface area is 124 Å². The highest BCUT2D eigenvalue weighted by molar-refractivity contribution is 5.55. The maximum atomic E-state index is 11.8. The van der Waals surface area contributed by atoms with E-state index in [0.717, 1.165) is 19.5 Å². The molecule has 0 bridgehead atoms. The molecule has 2 heterocycles. The molecule has 0 saturated carbocycles. The van der Waals surface area contributed by atoms with Crippen LogP contribution in [0, 0.1) is 5.92 Å². The second-order valence-corrected chi connectivity index (χ2v) is 5.88. The number of hydrogen-bond acceptors (Lipinski definition) is 3. The third-order valence-electron chi connectivity index (χ3n) is 4.05. The summed E-state index contributed by atoms with van der Waals surface area (Å²) in [5.41, 5.74) is 9.09. The lowest BCUT2D eigenvalue weighted by Crippen LogP contribution is -2.37. The van der Waals surface area contributed by atoms with Crippen molar-refractivity contribution in [1.82, 2.24) is 4.57 Å². The molecule has 3 rings (SSSR count). The minimum absolute atomic E-state index is 0.00235. The lowest BCUT2D eigenvalue weighted by Gasteiger charge is -2.35. The standard InChI is InChI=1S/C17H21N3O/c1-13-10-14-4-2-3-5-16(14)19(11-13)8-9-20-12-15(18)6-7-17(20)21/h2-7,12-13H,8-11,18H2,1H3. The maximum absolute atomic E-state index is 11.8. The van der Waals surface area contributed by atoms with Crippen LogP contribution in [0.1, 0.15) is 12.5 Å². The largest absolute Gasteiger partial charge is 0.398 e. The van der Waals surface area contributed by atoms with Crippen molar-refractivity contribution >= 4 is 11.4 Å². The van der Waals surface area contributed by atoms with Crippen LogP contribution in [-0.4, -0.2) is 17.7 Å². The van der Waals surface area contributed by atoms with E-state index in [-0.39, 0.29) is 5.56 Å². The van der Waals surface area contributed by atoms with E-state index in [1.807, 2.05) is 0 Å². The molecule has 0 radical (unpaired) electrons. The van der Waals surface area contributed by atoms with Crippen LogP contribution in [0.5, 0.6) is 0 Å². The summed E-state index contributed by atoms with van der Waals surface area (Å²) in [6.45, 7) is 4.79. The minimum atomic E-state index is 0.00235. The number of pyridine rings is 1. The first-order valence-corrected chi connectivity index (χ1v) is 7.42. The van der Waals surface area contributed by atoms with Gasteiger partial charge in [-0.3, -0.25) is 4.79 Å². The van der Waals surface area contributed by atoms with E-state index in [4.69, 9.17) is 5.73 Å². The van der Waals surface area contributed by atoms with Crippen molar-refractivity contribution in [1.29, 1.82) is 0 Å². The van der Waals surface area contributed by atoms with E-state index in [0.29, 0.717) is 18.2 Å². The average molecular weight is 283 g/mol. The number of nitrogens with zero attached hydrogens (tertiary/aromatic N) is 2. The Morgan fingerprint density at radius 3 is 2.86 bits per heavy atom. The van der Waals surface area contributed by atoms with Crippen LogP contribution in [0.25, 0.3) is 0 Å². The monoisotopic (exact) mass is 283 g/mol. The normalized spacial score (nSPS) is 17.6. The molecule has 0 fully saturated rings. The maximum Gasteiger partial charge on any atom is 0.250 e. The molecular formula is C17H21N3O. The molecule has 1 aromatic carbocycles. The summed E-state index contributed by atoms with van der Waals surface area (Å²) in [4.78, 5) is 14.2. The molecule has 4 heteroatoms. The quantitative estimate of drug-likeness (QED) is 0.939. The van der Waals surface area contributed by atoms with Crippen molar-refractivity contribution in [2.75, 3.05) is 23.7 Å². The van der Waals surface area contributed by atoms with Gasteiger partial charge in [0.1, 0.15) is 0 Å². The lowest BCUT2D eigenvalue weighted by atomic mass is 9.94. The van der Waals surface area contributed by atoms with Gasteiger partial charge in [-0.05, 0) is 30.0 Å². The molecule has 0 saturated heterocycles. The fourth-order valence-electron chi connectivity index (χ4n) is 3.07. The van der Waals surface area contributed by atoms with Crippen LogP contribution in [0.3, 0.4) is 0 Å². The first kappa shape index (κ1) is 13.7. The van der Waals surface area contributed by atoms with Crippen molar-refractivity contribution in [3.8, 4) is 0 Å². The van der Waals surface area contributed by atoms with Crippen molar-refractivity contribution in [2.24, 2.45) is 5.92 Å². The molecule has 0 spiro atoms. The van der Waals surface area contributed by atoms with Crippen molar-refractivity contribution in [3.63, 3.8) is 0 Å². The van der Waals surface area contributed by atoms with Gasteiger partial charge in [-0.1, -0.05) is 25.1 Å². The first-order valence-electron chi connectivity index (χ1n) is 7.42. The Morgan fingerprint density at radius 2 is 2.00 bits per heavy atom.